The number of nitrogens with one attached hydrogen (secondary N) is 1. The van der Waals surface area contributed by atoms with Gasteiger partial charge in [-0.15, -0.1) is 11.3 Å². The van der Waals surface area contributed by atoms with E-state index in [9.17, 15) is 9.59 Å². The molecule has 0 spiro atoms. The van der Waals surface area contributed by atoms with Gasteiger partial charge in [0.1, 0.15) is 0 Å². The number of anilines is 1. The number of amides is 1. The minimum atomic E-state index is -0.351. The summed E-state index contributed by atoms with van der Waals surface area (Å²) in [6.07, 6.45) is 0.0722. The number of nitrogens with zero attached hydrogens (tertiary/aromatic N) is 1. The molecule has 1 aromatic heterocycles. The Morgan fingerprint density at radius 1 is 1.27 bits per heavy atom. The highest BCUT2D eigenvalue weighted by Crippen LogP contribution is 2.36. The third-order valence-electron chi connectivity index (χ3n) is 3.18. The van der Waals surface area contributed by atoms with Gasteiger partial charge in [-0.1, -0.05) is 0 Å². The van der Waals surface area contributed by atoms with Crippen molar-refractivity contribution >= 4 is 44.3 Å². The number of carbonyl (C=O) groups excluding carboxylic acids is 2. The predicted molar refractivity (Wildman–Crippen MR) is 102 cm³/mol. The molecule has 0 radical (unpaired) electrons. The first-order valence-corrected chi connectivity index (χ1v) is 9.57. The molecule has 2 aromatic rings. The van der Waals surface area contributed by atoms with Crippen molar-refractivity contribution in [1.29, 1.82) is 0 Å². The van der Waals surface area contributed by atoms with E-state index >= 15 is 0 Å². The average Bonchev–Trinajstić information content (AvgIpc) is 3.01. The number of benzene rings is 1. The van der Waals surface area contributed by atoms with Gasteiger partial charge in [0.05, 0.1) is 36.9 Å². The zero-order valence-corrected chi connectivity index (χ0v) is 17.0. The van der Waals surface area contributed by atoms with Crippen LogP contribution in [0.2, 0.25) is 0 Å². The van der Waals surface area contributed by atoms with Crippen LogP contribution >= 0.6 is 27.3 Å². The monoisotopic (exact) mass is 442 g/mol. The molecule has 0 bridgehead atoms. The molecule has 9 heteroatoms. The van der Waals surface area contributed by atoms with Crippen molar-refractivity contribution in [2.24, 2.45) is 0 Å². The van der Waals surface area contributed by atoms with Gasteiger partial charge in [-0.3, -0.25) is 14.9 Å². The summed E-state index contributed by atoms with van der Waals surface area (Å²) in [7, 11) is 1.53. The summed E-state index contributed by atoms with van der Waals surface area (Å²) >= 11 is 4.62. The molecule has 0 aliphatic heterocycles. The van der Waals surface area contributed by atoms with Gasteiger partial charge < -0.3 is 14.2 Å². The molecule has 0 saturated carbocycles. The van der Waals surface area contributed by atoms with Crippen LogP contribution in [0.15, 0.2) is 22.0 Å². The first-order valence-electron chi connectivity index (χ1n) is 7.90. The summed E-state index contributed by atoms with van der Waals surface area (Å²) in [4.78, 5) is 28.2. The van der Waals surface area contributed by atoms with Gasteiger partial charge in [0, 0.05) is 10.9 Å². The van der Waals surface area contributed by atoms with Crippen LogP contribution in [0.5, 0.6) is 11.5 Å². The van der Waals surface area contributed by atoms with Gasteiger partial charge in [0.25, 0.3) is 5.91 Å². The van der Waals surface area contributed by atoms with Crippen LogP contribution in [-0.4, -0.2) is 37.2 Å². The van der Waals surface area contributed by atoms with E-state index in [1.165, 1.54) is 18.4 Å². The number of aromatic nitrogens is 1. The highest BCUT2D eigenvalue weighted by atomic mass is 79.9. The summed E-state index contributed by atoms with van der Waals surface area (Å²) in [6, 6.07) is 3.25. The minimum Gasteiger partial charge on any atom is -0.492 e. The number of carbonyl (C=O) groups is 2. The SMILES string of the molecule is CCOC(=O)Cc1csc(NC(=O)c2cc(Br)c(OC)c(OCC)c2)n1. The Bertz CT molecular complexity index is 793. The molecule has 0 aliphatic carbocycles. The molecule has 1 amide bonds. The number of thiazole rings is 1. The van der Waals surface area contributed by atoms with Crippen LogP contribution in [-0.2, 0) is 16.0 Å². The Kier molecular flexibility index (Phi) is 7.40. The smallest absolute Gasteiger partial charge is 0.311 e. The number of halogens is 1. The predicted octanol–water partition coefficient (Wildman–Crippen LogP) is 3.67. The molecule has 0 saturated heterocycles. The molecule has 0 fully saturated rings. The molecule has 26 heavy (non-hydrogen) atoms. The lowest BCUT2D eigenvalue weighted by Gasteiger charge is -2.12. The fraction of sp³-hybridized carbons (Fsp3) is 0.353. The Morgan fingerprint density at radius 3 is 2.69 bits per heavy atom. The molecule has 1 heterocycles. The van der Waals surface area contributed by atoms with Crippen molar-refractivity contribution < 1.29 is 23.8 Å². The number of methoxy groups -OCH3 is 1. The Balaban J connectivity index is 2.12. The normalized spacial score (nSPS) is 10.3. The summed E-state index contributed by atoms with van der Waals surface area (Å²) in [6.45, 7) is 4.35. The number of hydrogen-bond acceptors (Lipinski definition) is 7. The molecule has 0 unspecified atom stereocenters. The number of rotatable bonds is 8. The molecule has 140 valence electrons. The second-order valence-electron chi connectivity index (χ2n) is 5.00. The standard InChI is InChI=1S/C17H19BrN2O5S/c1-4-24-13-7-10(6-12(18)15(13)23-3)16(22)20-17-19-11(9-26-17)8-14(21)25-5-2/h6-7,9H,4-5,8H2,1-3H3,(H,19,20,22). The fourth-order valence-corrected chi connectivity index (χ4v) is 3.44. The van der Waals surface area contributed by atoms with Crippen LogP contribution in [0, 0.1) is 0 Å². The maximum Gasteiger partial charge on any atom is 0.311 e. The van der Waals surface area contributed by atoms with Gasteiger partial charge in [0.2, 0.25) is 0 Å². The second-order valence-corrected chi connectivity index (χ2v) is 6.71. The van der Waals surface area contributed by atoms with Crippen LogP contribution in [0.3, 0.4) is 0 Å². The Labute approximate surface area is 163 Å². The van der Waals surface area contributed by atoms with Gasteiger partial charge >= 0.3 is 5.97 Å². The molecule has 1 N–H and O–H groups in total. The molecule has 0 aliphatic rings. The van der Waals surface area contributed by atoms with E-state index in [-0.39, 0.29) is 18.3 Å². The molecule has 0 atom stereocenters. The van der Waals surface area contributed by atoms with Crippen LogP contribution in [0.4, 0.5) is 5.13 Å². The second kappa shape index (κ2) is 9.54. The van der Waals surface area contributed by atoms with E-state index in [1.54, 1.807) is 24.4 Å². The minimum absolute atomic E-state index is 0.0722. The maximum absolute atomic E-state index is 12.5. The van der Waals surface area contributed by atoms with Gasteiger partial charge in [-0.05, 0) is 41.9 Å². The van der Waals surface area contributed by atoms with Crippen LogP contribution in [0.25, 0.3) is 0 Å². The maximum atomic E-state index is 12.5. The van der Waals surface area contributed by atoms with E-state index in [4.69, 9.17) is 14.2 Å². The largest absolute Gasteiger partial charge is 0.492 e. The molecular formula is C17H19BrN2O5S. The number of esters is 1. The Morgan fingerprint density at radius 2 is 2.04 bits per heavy atom. The summed E-state index contributed by atoms with van der Waals surface area (Å²) in [5.41, 5.74) is 0.943. The average molecular weight is 443 g/mol. The number of ether oxygens (including phenoxy) is 3. The summed E-state index contributed by atoms with van der Waals surface area (Å²) in [5.74, 6) is 0.300. The van der Waals surface area contributed by atoms with Crippen molar-refractivity contribution in [2.45, 2.75) is 20.3 Å². The zero-order chi connectivity index (χ0) is 19.1. The van der Waals surface area contributed by atoms with E-state index in [0.717, 1.165) is 0 Å². The highest BCUT2D eigenvalue weighted by Gasteiger charge is 2.17. The van der Waals surface area contributed by atoms with Crippen LogP contribution < -0.4 is 14.8 Å². The topological polar surface area (TPSA) is 86.8 Å². The van der Waals surface area contributed by atoms with Crippen molar-refractivity contribution in [3.05, 3.63) is 33.2 Å². The Hall–Kier alpha value is -2.13. The lowest BCUT2D eigenvalue weighted by atomic mass is 10.2. The third-order valence-corrected chi connectivity index (χ3v) is 4.57. The van der Waals surface area contributed by atoms with Crippen molar-refractivity contribution in [2.75, 3.05) is 25.6 Å². The first kappa shape index (κ1) is 20.2. The fourth-order valence-electron chi connectivity index (χ4n) is 2.13. The van der Waals surface area contributed by atoms with Crippen molar-refractivity contribution in [3.8, 4) is 11.5 Å². The quantitative estimate of drug-likeness (QED) is 0.627. The van der Waals surface area contributed by atoms with Gasteiger partial charge in [-0.25, -0.2) is 4.98 Å². The first-order chi connectivity index (χ1) is 12.5. The van der Waals surface area contributed by atoms with E-state index in [0.29, 0.717) is 45.6 Å². The molecule has 2 rings (SSSR count). The zero-order valence-electron chi connectivity index (χ0n) is 14.6. The van der Waals surface area contributed by atoms with Gasteiger partial charge in [-0.2, -0.15) is 0 Å². The van der Waals surface area contributed by atoms with Crippen molar-refractivity contribution in [1.82, 2.24) is 4.98 Å². The van der Waals surface area contributed by atoms with Crippen molar-refractivity contribution in [3.63, 3.8) is 0 Å². The molecule has 1 aromatic carbocycles. The highest BCUT2D eigenvalue weighted by molar-refractivity contribution is 9.10. The third kappa shape index (κ3) is 5.18. The van der Waals surface area contributed by atoms with E-state index in [2.05, 4.69) is 26.2 Å². The number of hydrogen-bond donors (Lipinski definition) is 1. The lowest BCUT2D eigenvalue weighted by Crippen LogP contribution is -2.13. The molecule has 7 nitrogen and oxygen atoms in total. The molecular weight excluding hydrogens is 424 g/mol. The summed E-state index contributed by atoms with van der Waals surface area (Å²) < 4.78 is 16.3. The summed E-state index contributed by atoms with van der Waals surface area (Å²) in [5, 5.41) is 4.83. The van der Waals surface area contributed by atoms with Crippen LogP contribution in [0.1, 0.15) is 29.9 Å². The van der Waals surface area contributed by atoms with E-state index < -0.39 is 0 Å². The van der Waals surface area contributed by atoms with Gasteiger partial charge in [0.15, 0.2) is 16.6 Å². The van der Waals surface area contributed by atoms with E-state index in [1.807, 2.05) is 6.92 Å². The lowest BCUT2D eigenvalue weighted by molar-refractivity contribution is -0.142.